The number of piperazine rings is 1. The van der Waals surface area contributed by atoms with E-state index in [0.29, 0.717) is 31.0 Å². The Morgan fingerprint density at radius 1 is 0.931 bits per heavy atom. The van der Waals surface area contributed by atoms with Gasteiger partial charge in [-0.1, -0.05) is 54.1 Å². The topological polar surface area (TPSA) is 57.7 Å². The van der Waals surface area contributed by atoms with Crippen molar-refractivity contribution in [2.45, 2.75) is 19.4 Å². The zero-order valence-corrected chi connectivity index (χ0v) is 18.0. The van der Waals surface area contributed by atoms with Crippen LogP contribution in [0.4, 0.5) is 0 Å². The molecule has 0 aliphatic carbocycles. The van der Waals surface area contributed by atoms with E-state index in [2.05, 4.69) is 4.90 Å². The summed E-state index contributed by atoms with van der Waals surface area (Å²) in [7, 11) is -3.39. The number of hydrogen-bond donors (Lipinski definition) is 0. The van der Waals surface area contributed by atoms with Gasteiger partial charge in [-0.05, 0) is 36.1 Å². The first-order valence-corrected chi connectivity index (χ1v) is 12.1. The smallest absolute Gasteiger partial charge is 0.237 e. The number of hydrogen-bond acceptors (Lipinski definition) is 4. The first kappa shape index (κ1) is 21.8. The van der Waals surface area contributed by atoms with Crippen LogP contribution in [0.1, 0.15) is 17.5 Å². The molecule has 5 nitrogen and oxygen atoms in total. The highest BCUT2D eigenvalue weighted by molar-refractivity contribution is 7.92. The summed E-state index contributed by atoms with van der Waals surface area (Å²) >= 11 is 6.03. The quantitative estimate of drug-likeness (QED) is 0.640. The maximum absolute atomic E-state index is 12.5. The predicted molar refractivity (Wildman–Crippen MR) is 117 cm³/mol. The minimum Gasteiger partial charge on any atom is -0.339 e. The van der Waals surface area contributed by atoms with Gasteiger partial charge in [0.05, 0.1) is 5.75 Å². The molecule has 0 aromatic heterocycles. The van der Waals surface area contributed by atoms with E-state index < -0.39 is 15.6 Å². The summed E-state index contributed by atoms with van der Waals surface area (Å²) in [4.78, 5) is 16.4. The third-order valence-corrected chi connectivity index (χ3v) is 6.96. The lowest BCUT2D eigenvalue weighted by molar-refractivity contribution is -0.130. The fourth-order valence-corrected chi connectivity index (χ4v) is 5.04. The minimum absolute atomic E-state index is 0.0440. The summed E-state index contributed by atoms with van der Waals surface area (Å²) < 4.78 is 24.7. The van der Waals surface area contributed by atoms with Gasteiger partial charge in [0.15, 0.2) is 9.84 Å². The normalized spacial score (nSPS) is 15.4. The first-order valence-electron chi connectivity index (χ1n) is 9.90. The van der Waals surface area contributed by atoms with Crippen LogP contribution in [0.5, 0.6) is 0 Å². The second-order valence-electron chi connectivity index (χ2n) is 7.47. The third kappa shape index (κ3) is 7.14. The molecule has 0 unspecified atom stereocenters. The van der Waals surface area contributed by atoms with Gasteiger partial charge in [0.2, 0.25) is 5.91 Å². The Balaban J connectivity index is 1.41. The maximum Gasteiger partial charge on any atom is 0.237 e. The number of sulfone groups is 1. The Hall–Kier alpha value is -1.89. The molecular formula is C22H27ClN2O3S. The molecule has 0 atom stereocenters. The Kier molecular flexibility index (Phi) is 7.70. The molecule has 1 saturated heterocycles. The van der Waals surface area contributed by atoms with Gasteiger partial charge in [0.25, 0.3) is 0 Å². The van der Waals surface area contributed by atoms with Crippen LogP contribution in [-0.2, 0) is 27.6 Å². The lowest BCUT2D eigenvalue weighted by Crippen LogP contribution is -2.49. The summed E-state index contributed by atoms with van der Waals surface area (Å²) in [5, 5.41) is 0.716. The monoisotopic (exact) mass is 434 g/mol. The average Bonchev–Trinajstić information content (AvgIpc) is 2.69. The van der Waals surface area contributed by atoms with Crippen LogP contribution in [0.25, 0.3) is 0 Å². The number of amides is 1. The van der Waals surface area contributed by atoms with Crippen molar-refractivity contribution in [1.82, 2.24) is 9.80 Å². The molecule has 3 rings (SSSR count). The lowest BCUT2D eigenvalue weighted by atomic mass is 10.1. The van der Waals surface area contributed by atoms with E-state index in [9.17, 15) is 13.2 Å². The summed E-state index contributed by atoms with van der Waals surface area (Å²) in [6.07, 6.45) is 1.24. The van der Waals surface area contributed by atoms with E-state index >= 15 is 0 Å². The Labute approximate surface area is 178 Å². The van der Waals surface area contributed by atoms with E-state index in [1.807, 2.05) is 54.6 Å². The van der Waals surface area contributed by atoms with Crippen LogP contribution in [0.15, 0.2) is 54.6 Å². The van der Waals surface area contributed by atoms with Crippen LogP contribution in [0.3, 0.4) is 0 Å². The Bertz CT molecular complexity index is 911. The number of benzene rings is 2. The second kappa shape index (κ2) is 10.2. The zero-order chi connectivity index (χ0) is 20.7. The zero-order valence-electron chi connectivity index (χ0n) is 16.5. The lowest BCUT2D eigenvalue weighted by Gasteiger charge is -2.34. The van der Waals surface area contributed by atoms with Gasteiger partial charge in [-0.2, -0.15) is 0 Å². The van der Waals surface area contributed by atoms with Gasteiger partial charge in [-0.25, -0.2) is 8.42 Å². The van der Waals surface area contributed by atoms with Crippen molar-refractivity contribution >= 4 is 27.3 Å². The second-order valence-corrected chi connectivity index (χ2v) is 10.1. The SMILES string of the molecule is O=C(CS(=O)(=O)CCCc1ccccc1)N1CCN(Cc2cccc(Cl)c2)CC1. The van der Waals surface area contributed by atoms with Gasteiger partial charge >= 0.3 is 0 Å². The fourth-order valence-electron chi connectivity index (χ4n) is 3.54. The number of halogens is 1. The molecule has 7 heteroatoms. The van der Waals surface area contributed by atoms with Crippen molar-refractivity contribution in [1.29, 1.82) is 0 Å². The summed E-state index contributed by atoms with van der Waals surface area (Å²) in [6, 6.07) is 17.6. The van der Waals surface area contributed by atoms with Crippen LogP contribution >= 0.6 is 11.6 Å². The first-order chi connectivity index (χ1) is 13.9. The van der Waals surface area contributed by atoms with Crippen molar-refractivity contribution in [3.63, 3.8) is 0 Å². The number of aryl methyl sites for hydroxylation is 1. The molecule has 1 aliphatic heterocycles. The molecule has 2 aromatic carbocycles. The summed E-state index contributed by atoms with van der Waals surface area (Å²) in [5.41, 5.74) is 2.25. The molecule has 1 aliphatic rings. The molecule has 1 fully saturated rings. The number of rotatable bonds is 8. The number of carbonyl (C=O) groups excluding carboxylic acids is 1. The molecule has 0 radical (unpaired) electrons. The van der Waals surface area contributed by atoms with Crippen LogP contribution in [0.2, 0.25) is 5.02 Å². The molecule has 0 saturated carbocycles. The van der Waals surface area contributed by atoms with Crippen LogP contribution in [-0.4, -0.2) is 61.8 Å². The highest BCUT2D eigenvalue weighted by Crippen LogP contribution is 2.14. The van der Waals surface area contributed by atoms with Crippen LogP contribution < -0.4 is 0 Å². The molecule has 1 heterocycles. The summed E-state index contributed by atoms with van der Waals surface area (Å²) in [5.74, 6) is -0.634. The fraction of sp³-hybridized carbons (Fsp3) is 0.409. The molecular weight excluding hydrogens is 408 g/mol. The molecule has 0 spiro atoms. The highest BCUT2D eigenvalue weighted by Gasteiger charge is 2.25. The highest BCUT2D eigenvalue weighted by atomic mass is 35.5. The van der Waals surface area contributed by atoms with Crippen molar-refractivity contribution in [3.05, 3.63) is 70.7 Å². The molecule has 0 N–H and O–H groups in total. The largest absolute Gasteiger partial charge is 0.339 e. The van der Waals surface area contributed by atoms with Crippen molar-refractivity contribution in [3.8, 4) is 0 Å². The average molecular weight is 435 g/mol. The number of carbonyl (C=O) groups is 1. The van der Waals surface area contributed by atoms with Gasteiger partial charge in [0.1, 0.15) is 5.75 Å². The van der Waals surface area contributed by atoms with Crippen molar-refractivity contribution in [2.24, 2.45) is 0 Å². The number of nitrogens with zero attached hydrogens (tertiary/aromatic N) is 2. The molecule has 1 amide bonds. The van der Waals surface area contributed by atoms with E-state index in [-0.39, 0.29) is 11.7 Å². The molecule has 0 bridgehead atoms. The van der Waals surface area contributed by atoms with Gasteiger partial charge in [-0.15, -0.1) is 0 Å². The molecule has 2 aromatic rings. The Morgan fingerprint density at radius 2 is 1.62 bits per heavy atom. The van der Waals surface area contributed by atoms with Gasteiger partial charge in [0, 0.05) is 37.7 Å². The molecule has 156 valence electrons. The third-order valence-electron chi connectivity index (χ3n) is 5.13. The van der Waals surface area contributed by atoms with Gasteiger partial charge < -0.3 is 4.90 Å². The molecule has 29 heavy (non-hydrogen) atoms. The maximum atomic E-state index is 12.5. The van der Waals surface area contributed by atoms with Crippen molar-refractivity contribution in [2.75, 3.05) is 37.7 Å². The van der Waals surface area contributed by atoms with Gasteiger partial charge in [-0.3, -0.25) is 9.69 Å². The minimum atomic E-state index is -3.39. The van der Waals surface area contributed by atoms with E-state index in [0.717, 1.165) is 30.8 Å². The van der Waals surface area contributed by atoms with E-state index in [1.54, 1.807) is 4.90 Å². The predicted octanol–water partition coefficient (Wildman–Crippen LogP) is 3.03. The Morgan fingerprint density at radius 3 is 2.31 bits per heavy atom. The van der Waals surface area contributed by atoms with Crippen LogP contribution in [0, 0.1) is 0 Å². The summed E-state index contributed by atoms with van der Waals surface area (Å²) in [6.45, 7) is 3.34. The van der Waals surface area contributed by atoms with Crippen molar-refractivity contribution < 1.29 is 13.2 Å². The van der Waals surface area contributed by atoms with E-state index in [4.69, 9.17) is 11.6 Å². The van der Waals surface area contributed by atoms with E-state index in [1.165, 1.54) is 0 Å². The standard InChI is InChI=1S/C22H27ClN2O3S/c23-21-10-4-8-20(16-21)17-24-11-13-25(14-12-24)22(26)18-29(27,28)15-5-9-19-6-2-1-3-7-19/h1-4,6-8,10,16H,5,9,11-15,17-18H2.